The third-order valence-electron chi connectivity index (χ3n) is 9.05. The van der Waals surface area contributed by atoms with Gasteiger partial charge in [-0.15, -0.1) is 0 Å². The highest BCUT2D eigenvalue weighted by Crippen LogP contribution is 2.48. The normalized spacial score (nSPS) is 16.0. The van der Waals surface area contributed by atoms with Gasteiger partial charge in [0, 0.05) is 61.6 Å². The van der Waals surface area contributed by atoms with Crippen molar-refractivity contribution in [2.24, 2.45) is 5.41 Å². The summed E-state index contributed by atoms with van der Waals surface area (Å²) in [5, 5.41) is 12.4. The smallest absolute Gasteiger partial charge is 0.240 e. The molecule has 0 unspecified atom stereocenters. The van der Waals surface area contributed by atoms with Crippen LogP contribution in [0.4, 0.5) is 33.0 Å². The number of benzene rings is 3. The van der Waals surface area contributed by atoms with Gasteiger partial charge < -0.3 is 40.2 Å². The highest BCUT2D eigenvalue weighted by atomic mass is 19.1. The van der Waals surface area contributed by atoms with E-state index in [2.05, 4.69) is 31.2 Å². The fraction of sp³-hybridized carbons (Fsp3) is 0.324. The topological polar surface area (TPSA) is 135 Å². The van der Waals surface area contributed by atoms with Gasteiger partial charge in [-0.1, -0.05) is 0 Å². The number of hydrogen-bond acceptors (Lipinski definition) is 10. The Morgan fingerprint density at radius 2 is 1.64 bits per heavy atom. The first-order valence-electron chi connectivity index (χ1n) is 16.7. The Morgan fingerprint density at radius 1 is 0.940 bits per heavy atom. The van der Waals surface area contributed by atoms with Crippen LogP contribution in [0.5, 0.6) is 23.0 Å². The fourth-order valence-corrected chi connectivity index (χ4v) is 5.99. The SMILES string of the molecule is COc1cc2c(cc1OCCCN1CCOCC1)Nc1nccc(Oc3ccc(NC(=O)C4(C(=O)Nc5ccc(F)cc5)CC4)cc3)c1NC2. The summed E-state index contributed by atoms with van der Waals surface area (Å²) in [6.45, 7) is 5.46. The third kappa shape index (κ3) is 7.43. The summed E-state index contributed by atoms with van der Waals surface area (Å²) in [4.78, 5) is 33.0. The van der Waals surface area contributed by atoms with Gasteiger partial charge in [-0.2, -0.15) is 0 Å². The highest BCUT2D eigenvalue weighted by molar-refractivity contribution is 6.16. The van der Waals surface area contributed by atoms with Crippen LogP contribution in [-0.2, 0) is 20.9 Å². The van der Waals surface area contributed by atoms with Crippen LogP contribution in [0.1, 0.15) is 24.8 Å². The minimum atomic E-state index is -1.16. The maximum Gasteiger partial charge on any atom is 0.240 e. The molecule has 1 saturated heterocycles. The van der Waals surface area contributed by atoms with E-state index >= 15 is 0 Å². The molecule has 3 aliphatic rings. The molecule has 4 N–H and O–H groups in total. The van der Waals surface area contributed by atoms with Crippen LogP contribution in [0.3, 0.4) is 0 Å². The Labute approximate surface area is 289 Å². The average molecular weight is 683 g/mol. The van der Waals surface area contributed by atoms with Crippen LogP contribution < -0.4 is 35.5 Å². The molecule has 0 bridgehead atoms. The summed E-state index contributed by atoms with van der Waals surface area (Å²) in [6.07, 6.45) is 3.43. The van der Waals surface area contributed by atoms with E-state index in [0.29, 0.717) is 71.9 Å². The summed E-state index contributed by atoms with van der Waals surface area (Å²) < 4.78 is 36.8. The van der Waals surface area contributed by atoms with Crippen molar-refractivity contribution in [2.75, 3.05) is 67.8 Å². The number of carbonyl (C=O) groups is 2. The number of carbonyl (C=O) groups excluding carboxylic acids is 2. The number of hydrogen-bond donors (Lipinski definition) is 4. The molecule has 3 aromatic carbocycles. The van der Waals surface area contributed by atoms with Crippen LogP contribution >= 0.6 is 0 Å². The molecule has 50 heavy (non-hydrogen) atoms. The summed E-state index contributed by atoms with van der Waals surface area (Å²) in [5.41, 5.74) is 2.32. The number of fused-ring (bicyclic) bond motifs is 2. The summed E-state index contributed by atoms with van der Waals surface area (Å²) >= 11 is 0. The predicted molar refractivity (Wildman–Crippen MR) is 187 cm³/mol. The van der Waals surface area contributed by atoms with E-state index in [4.69, 9.17) is 18.9 Å². The third-order valence-corrected chi connectivity index (χ3v) is 9.05. The van der Waals surface area contributed by atoms with Crippen molar-refractivity contribution < 1.29 is 32.9 Å². The average Bonchev–Trinajstić information content (AvgIpc) is 3.97. The Morgan fingerprint density at radius 3 is 2.32 bits per heavy atom. The first-order chi connectivity index (χ1) is 24.4. The molecule has 0 atom stereocenters. The monoisotopic (exact) mass is 682 g/mol. The Kier molecular flexibility index (Phi) is 9.67. The Hall–Kier alpha value is -5.40. The van der Waals surface area contributed by atoms with E-state index in [9.17, 15) is 14.0 Å². The lowest BCUT2D eigenvalue weighted by Gasteiger charge is -2.26. The molecular weight excluding hydrogens is 643 g/mol. The van der Waals surface area contributed by atoms with Crippen LogP contribution in [0.25, 0.3) is 0 Å². The van der Waals surface area contributed by atoms with Gasteiger partial charge in [-0.25, -0.2) is 9.37 Å². The Bertz CT molecular complexity index is 1840. The maximum atomic E-state index is 13.2. The van der Waals surface area contributed by atoms with Gasteiger partial charge in [-0.3, -0.25) is 14.5 Å². The number of pyridine rings is 1. The second-order valence-corrected chi connectivity index (χ2v) is 12.5. The largest absolute Gasteiger partial charge is 0.493 e. The van der Waals surface area contributed by atoms with Gasteiger partial charge in [-0.05, 0) is 79.4 Å². The van der Waals surface area contributed by atoms with Crippen molar-refractivity contribution in [3.8, 4) is 23.0 Å². The molecule has 2 aliphatic heterocycles. The van der Waals surface area contributed by atoms with E-state index in [1.54, 1.807) is 43.6 Å². The molecule has 1 aromatic heterocycles. The minimum Gasteiger partial charge on any atom is -0.493 e. The molecule has 3 heterocycles. The first-order valence-corrected chi connectivity index (χ1v) is 16.7. The second kappa shape index (κ2) is 14.6. The van der Waals surface area contributed by atoms with Crippen molar-refractivity contribution >= 4 is 40.4 Å². The lowest BCUT2D eigenvalue weighted by Crippen LogP contribution is -2.37. The lowest BCUT2D eigenvalue weighted by atomic mass is 10.0. The predicted octanol–water partition coefficient (Wildman–Crippen LogP) is 6.15. The fourth-order valence-electron chi connectivity index (χ4n) is 5.99. The van der Waals surface area contributed by atoms with Crippen LogP contribution in [0.2, 0.25) is 0 Å². The number of anilines is 5. The van der Waals surface area contributed by atoms with Gasteiger partial charge in [0.2, 0.25) is 11.8 Å². The van der Waals surface area contributed by atoms with E-state index in [1.807, 2.05) is 12.1 Å². The van der Waals surface area contributed by atoms with Crippen molar-refractivity contribution in [1.82, 2.24) is 9.88 Å². The van der Waals surface area contributed by atoms with Gasteiger partial charge in [0.25, 0.3) is 0 Å². The molecule has 0 spiro atoms. The number of nitrogens with one attached hydrogen (secondary N) is 4. The Balaban J connectivity index is 0.975. The number of ether oxygens (including phenoxy) is 4. The number of amides is 2. The highest BCUT2D eigenvalue weighted by Gasteiger charge is 2.56. The molecule has 2 amide bonds. The number of methoxy groups -OCH3 is 1. The zero-order chi connectivity index (χ0) is 34.5. The zero-order valence-electron chi connectivity index (χ0n) is 27.7. The molecule has 1 aliphatic carbocycles. The van der Waals surface area contributed by atoms with Crippen molar-refractivity contribution in [2.45, 2.75) is 25.8 Å². The summed E-state index contributed by atoms with van der Waals surface area (Å²) in [7, 11) is 1.63. The lowest BCUT2D eigenvalue weighted by molar-refractivity contribution is -0.131. The first kappa shape index (κ1) is 33.1. The molecular formula is C37H39FN6O6. The van der Waals surface area contributed by atoms with Gasteiger partial charge >= 0.3 is 0 Å². The quantitative estimate of drug-likeness (QED) is 0.102. The van der Waals surface area contributed by atoms with Crippen LogP contribution in [0.15, 0.2) is 72.9 Å². The molecule has 4 aromatic rings. The van der Waals surface area contributed by atoms with Gasteiger partial charge in [0.05, 0.1) is 26.9 Å². The molecule has 0 radical (unpaired) electrons. The van der Waals surface area contributed by atoms with Crippen LogP contribution in [0, 0.1) is 11.2 Å². The molecule has 7 rings (SSSR count). The molecule has 2 fully saturated rings. The van der Waals surface area contributed by atoms with Crippen molar-refractivity contribution in [3.63, 3.8) is 0 Å². The second-order valence-electron chi connectivity index (χ2n) is 12.5. The van der Waals surface area contributed by atoms with Crippen LogP contribution in [-0.4, -0.2) is 68.3 Å². The molecule has 1 saturated carbocycles. The number of rotatable bonds is 12. The standard InChI is InChI=1S/C37H39FN6O6/c1-47-31-21-24-23-40-33-30(11-14-39-34(33)43-29(24)22-32(31)49-18-2-15-44-16-19-48-20-17-44)50-28-9-7-27(8-10-28)42-36(46)37(12-13-37)35(45)41-26-5-3-25(38)4-6-26/h3-11,14,21-22,40H,2,12-13,15-20,23H2,1H3,(H,39,43)(H,41,45)(H,42,46). The molecule has 12 nitrogen and oxygen atoms in total. The summed E-state index contributed by atoms with van der Waals surface area (Å²) in [5.74, 6) is 1.81. The number of morpholine rings is 1. The molecule has 260 valence electrons. The van der Waals surface area contributed by atoms with E-state index in [1.165, 1.54) is 24.3 Å². The van der Waals surface area contributed by atoms with Crippen molar-refractivity contribution in [1.29, 1.82) is 0 Å². The van der Waals surface area contributed by atoms with E-state index < -0.39 is 23.0 Å². The minimum absolute atomic E-state index is 0.391. The summed E-state index contributed by atoms with van der Waals surface area (Å²) in [6, 6.07) is 18.0. The van der Waals surface area contributed by atoms with E-state index in [-0.39, 0.29) is 0 Å². The number of nitrogens with zero attached hydrogens (tertiary/aromatic N) is 2. The van der Waals surface area contributed by atoms with Gasteiger partial charge in [0.15, 0.2) is 23.1 Å². The number of halogens is 1. The van der Waals surface area contributed by atoms with Gasteiger partial charge in [0.1, 0.15) is 22.7 Å². The van der Waals surface area contributed by atoms with E-state index in [0.717, 1.165) is 50.5 Å². The van der Waals surface area contributed by atoms with Crippen molar-refractivity contribution in [3.05, 3.63) is 84.3 Å². The zero-order valence-corrected chi connectivity index (χ0v) is 27.7. The molecule has 13 heteroatoms. The maximum absolute atomic E-state index is 13.2. The number of aromatic nitrogens is 1.